The fourth-order valence-corrected chi connectivity index (χ4v) is 2.53. The minimum atomic E-state index is 0.629. The number of nitrogens with zero attached hydrogens (tertiary/aromatic N) is 3. The van der Waals surface area contributed by atoms with E-state index in [0.717, 1.165) is 49.0 Å². The van der Waals surface area contributed by atoms with Crippen LogP contribution < -0.4 is 15.4 Å². The van der Waals surface area contributed by atoms with Crippen LogP contribution in [0.1, 0.15) is 0 Å². The first-order valence-corrected chi connectivity index (χ1v) is 6.99. The first kappa shape index (κ1) is 13.8. The fraction of sp³-hybridized carbons (Fsp3) is 0.400. The number of morpholine rings is 1. The summed E-state index contributed by atoms with van der Waals surface area (Å²) in [5, 5.41) is 4.44. The van der Waals surface area contributed by atoms with Gasteiger partial charge in [0.15, 0.2) is 0 Å². The van der Waals surface area contributed by atoms with Gasteiger partial charge in [0.05, 0.1) is 26.0 Å². The number of hydrogen-bond acceptors (Lipinski definition) is 5. The summed E-state index contributed by atoms with van der Waals surface area (Å²) in [5.74, 6) is 1.42. The molecule has 0 aliphatic carbocycles. The number of nitrogen functional groups attached to an aromatic ring is 1. The van der Waals surface area contributed by atoms with E-state index in [2.05, 4.69) is 22.1 Å². The molecule has 2 N–H and O–H groups in total. The van der Waals surface area contributed by atoms with Gasteiger partial charge < -0.3 is 20.1 Å². The van der Waals surface area contributed by atoms with E-state index in [1.807, 2.05) is 19.2 Å². The van der Waals surface area contributed by atoms with Crippen LogP contribution in [-0.2, 0) is 11.8 Å². The van der Waals surface area contributed by atoms with Crippen molar-refractivity contribution in [1.82, 2.24) is 9.78 Å². The predicted molar refractivity (Wildman–Crippen MR) is 82.6 cm³/mol. The highest BCUT2D eigenvalue weighted by molar-refractivity contribution is 5.74. The predicted octanol–water partition coefficient (Wildman–Crippen LogP) is 1.51. The Bertz CT molecular complexity index is 613. The minimum absolute atomic E-state index is 0.629. The summed E-state index contributed by atoms with van der Waals surface area (Å²) in [6, 6.07) is 8.01. The Morgan fingerprint density at radius 2 is 2.00 bits per heavy atom. The largest absolute Gasteiger partial charge is 0.496 e. The van der Waals surface area contributed by atoms with Gasteiger partial charge in [-0.2, -0.15) is 5.10 Å². The molecule has 0 saturated carbocycles. The Morgan fingerprint density at radius 1 is 1.24 bits per heavy atom. The van der Waals surface area contributed by atoms with Gasteiger partial charge in [-0.1, -0.05) is 0 Å². The molecule has 1 fully saturated rings. The molecule has 0 unspecified atom stereocenters. The summed E-state index contributed by atoms with van der Waals surface area (Å²) >= 11 is 0. The zero-order valence-corrected chi connectivity index (χ0v) is 12.4. The Balaban J connectivity index is 2.00. The van der Waals surface area contributed by atoms with Gasteiger partial charge in [-0.25, -0.2) is 0 Å². The van der Waals surface area contributed by atoms with Crippen molar-refractivity contribution >= 4 is 11.5 Å². The molecule has 0 bridgehead atoms. The van der Waals surface area contributed by atoms with Crippen molar-refractivity contribution in [1.29, 1.82) is 0 Å². The van der Waals surface area contributed by atoms with Gasteiger partial charge in [0.1, 0.15) is 11.6 Å². The van der Waals surface area contributed by atoms with Gasteiger partial charge in [-0.3, -0.25) is 4.68 Å². The van der Waals surface area contributed by atoms with Crippen molar-refractivity contribution in [3.63, 3.8) is 0 Å². The van der Waals surface area contributed by atoms with Crippen molar-refractivity contribution in [3.8, 4) is 17.0 Å². The number of nitrogens with two attached hydrogens (primary N) is 1. The highest BCUT2D eigenvalue weighted by atomic mass is 16.5. The average molecular weight is 288 g/mol. The third kappa shape index (κ3) is 2.67. The second kappa shape index (κ2) is 5.65. The van der Waals surface area contributed by atoms with Crippen molar-refractivity contribution in [2.45, 2.75) is 0 Å². The molecule has 1 aliphatic heterocycles. The summed E-state index contributed by atoms with van der Waals surface area (Å²) in [7, 11) is 3.50. The highest BCUT2D eigenvalue weighted by Crippen LogP contribution is 2.33. The van der Waals surface area contributed by atoms with Crippen LogP contribution in [-0.4, -0.2) is 43.2 Å². The molecule has 3 rings (SSSR count). The summed E-state index contributed by atoms with van der Waals surface area (Å²) < 4.78 is 12.5. The molecule has 0 amide bonds. The van der Waals surface area contributed by atoms with Crippen LogP contribution in [0.3, 0.4) is 0 Å². The van der Waals surface area contributed by atoms with E-state index in [-0.39, 0.29) is 0 Å². The van der Waals surface area contributed by atoms with Gasteiger partial charge in [-0.15, -0.1) is 0 Å². The number of benzene rings is 1. The molecule has 1 aliphatic rings. The normalized spacial score (nSPS) is 15.2. The lowest BCUT2D eigenvalue weighted by Gasteiger charge is -2.29. The Morgan fingerprint density at radius 3 is 2.62 bits per heavy atom. The fourth-order valence-electron chi connectivity index (χ4n) is 2.53. The SMILES string of the molecule is COc1ccc(N2CCOCC2)cc1-c1cc(N)n(C)n1. The van der Waals surface area contributed by atoms with E-state index < -0.39 is 0 Å². The lowest BCUT2D eigenvalue weighted by Crippen LogP contribution is -2.36. The molecule has 6 heteroatoms. The average Bonchev–Trinajstić information content (AvgIpc) is 2.87. The maximum atomic E-state index is 5.88. The third-order valence-corrected chi connectivity index (χ3v) is 3.75. The van der Waals surface area contributed by atoms with Crippen molar-refractivity contribution in [2.75, 3.05) is 44.0 Å². The molecule has 21 heavy (non-hydrogen) atoms. The zero-order valence-electron chi connectivity index (χ0n) is 12.4. The maximum absolute atomic E-state index is 5.88. The molecule has 1 aromatic heterocycles. The van der Waals surface area contributed by atoms with Crippen LogP contribution in [0, 0.1) is 0 Å². The molecule has 1 saturated heterocycles. The standard InChI is InChI=1S/C15H20N4O2/c1-18-15(16)10-13(17-18)12-9-11(3-4-14(12)20-2)19-5-7-21-8-6-19/h3-4,9-10H,5-8,16H2,1-2H3. The summed E-state index contributed by atoms with van der Waals surface area (Å²) in [6.07, 6.45) is 0. The van der Waals surface area contributed by atoms with Gasteiger partial charge >= 0.3 is 0 Å². The van der Waals surface area contributed by atoms with Crippen LogP contribution >= 0.6 is 0 Å². The van der Waals surface area contributed by atoms with Crippen LogP contribution in [0.15, 0.2) is 24.3 Å². The molecule has 112 valence electrons. The summed E-state index contributed by atoms with van der Waals surface area (Å²) in [4.78, 5) is 2.30. The van der Waals surface area contributed by atoms with Crippen molar-refractivity contribution in [3.05, 3.63) is 24.3 Å². The lowest BCUT2D eigenvalue weighted by molar-refractivity contribution is 0.122. The quantitative estimate of drug-likeness (QED) is 0.927. The van der Waals surface area contributed by atoms with Gasteiger partial charge in [0.25, 0.3) is 0 Å². The van der Waals surface area contributed by atoms with E-state index in [9.17, 15) is 0 Å². The van der Waals surface area contributed by atoms with Crippen molar-refractivity contribution in [2.24, 2.45) is 7.05 Å². The zero-order chi connectivity index (χ0) is 14.8. The first-order valence-electron chi connectivity index (χ1n) is 6.99. The molecule has 0 radical (unpaired) electrons. The topological polar surface area (TPSA) is 65.5 Å². The Kier molecular flexibility index (Phi) is 3.70. The molecular weight excluding hydrogens is 268 g/mol. The molecule has 0 atom stereocenters. The molecule has 2 aromatic rings. The number of rotatable bonds is 3. The van der Waals surface area contributed by atoms with Crippen LogP contribution in [0.4, 0.5) is 11.5 Å². The van der Waals surface area contributed by atoms with Crippen LogP contribution in [0.5, 0.6) is 5.75 Å². The van der Waals surface area contributed by atoms with Crippen molar-refractivity contribution < 1.29 is 9.47 Å². The number of hydrogen-bond donors (Lipinski definition) is 1. The molecule has 0 spiro atoms. The summed E-state index contributed by atoms with van der Waals surface area (Å²) in [5.41, 5.74) is 8.81. The highest BCUT2D eigenvalue weighted by Gasteiger charge is 2.16. The number of ether oxygens (including phenoxy) is 2. The maximum Gasteiger partial charge on any atom is 0.128 e. The third-order valence-electron chi connectivity index (χ3n) is 3.75. The lowest BCUT2D eigenvalue weighted by atomic mass is 10.1. The van der Waals surface area contributed by atoms with E-state index in [1.165, 1.54) is 0 Å². The summed E-state index contributed by atoms with van der Waals surface area (Å²) in [6.45, 7) is 3.32. The molecule has 2 heterocycles. The molecule has 1 aromatic carbocycles. The molecule has 6 nitrogen and oxygen atoms in total. The minimum Gasteiger partial charge on any atom is -0.496 e. The van der Waals surface area contributed by atoms with Crippen LogP contribution in [0.25, 0.3) is 11.3 Å². The van der Waals surface area contributed by atoms with E-state index >= 15 is 0 Å². The first-order chi connectivity index (χ1) is 10.2. The number of anilines is 2. The number of aryl methyl sites for hydroxylation is 1. The van der Waals surface area contributed by atoms with E-state index in [4.69, 9.17) is 15.2 Å². The second-order valence-corrected chi connectivity index (χ2v) is 5.06. The Hall–Kier alpha value is -2.21. The smallest absolute Gasteiger partial charge is 0.128 e. The van der Waals surface area contributed by atoms with E-state index in [1.54, 1.807) is 11.8 Å². The van der Waals surface area contributed by atoms with Gasteiger partial charge in [-0.05, 0) is 18.2 Å². The monoisotopic (exact) mass is 288 g/mol. The van der Waals surface area contributed by atoms with Crippen LogP contribution in [0.2, 0.25) is 0 Å². The Labute approximate surface area is 124 Å². The number of aromatic nitrogens is 2. The van der Waals surface area contributed by atoms with E-state index in [0.29, 0.717) is 5.82 Å². The van der Waals surface area contributed by atoms with Gasteiger partial charge in [0, 0.05) is 37.5 Å². The molecular formula is C15H20N4O2. The van der Waals surface area contributed by atoms with Gasteiger partial charge in [0.2, 0.25) is 0 Å². The number of methoxy groups -OCH3 is 1. The second-order valence-electron chi connectivity index (χ2n) is 5.06.